The molecule has 0 aliphatic rings. The van der Waals surface area contributed by atoms with Crippen molar-refractivity contribution < 1.29 is 0 Å². The second kappa shape index (κ2) is 17.1. The highest BCUT2D eigenvalue weighted by Gasteiger charge is 2.13. The Morgan fingerprint density at radius 1 is 0.153 bits per heavy atom. The summed E-state index contributed by atoms with van der Waals surface area (Å²) in [6.45, 7) is 13.4. The number of aryl methyl sites for hydroxylation is 6. The Balaban J connectivity index is 0.000000105. The molecule has 72 heavy (non-hydrogen) atoms. The molecule has 15 aromatic carbocycles. The van der Waals surface area contributed by atoms with E-state index in [0.29, 0.717) is 0 Å². The molecule has 0 heteroatoms. The van der Waals surface area contributed by atoms with Gasteiger partial charge in [0.05, 0.1) is 0 Å². The van der Waals surface area contributed by atoms with Gasteiger partial charge < -0.3 is 0 Å². The van der Waals surface area contributed by atoms with Gasteiger partial charge in [-0.25, -0.2) is 0 Å². The quantitative estimate of drug-likeness (QED) is 0.133. The molecule has 0 atom stereocenters. The van der Waals surface area contributed by atoms with Gasteiger partial charge in [-0.05, 0) is 289 Å². The molecular formula is C72H54. The molecule has 0 spiro atoms. The van der Waals surface area contributed by atoms with Gasteiger partial charge in [-0.15, -0.1) is 0 Å². The first kappa shape index (κ1) is 43.4. The highest BCUT2D eigenvalue weighted by atomic mass is 14.2. The molecule has 0 heterocycles. The molecule has 0 radical (unpaired) electrons. The lowest BCUT2D eigenvalue weighted by Crippen LogP contribution is -1.89. The van der Waals surface area contributed by atoms with Crippen LogP contribution in [0.1, 0.15) is 33.4 Å². The minimum Gasteiger partial charge on any atom is -0.0616 e. The fraction of sp³-hybridized carbons (Fsp3) is 0.0833. The van der Waals surface area contributed by atoms with Gasteiger partial charge in [0, 0.05) is 0 Å². The lowest BCUT2D eigenvalue weighted by molar-refractivity contribution is 1.47. The summed E-state index contributed by atoms with van der Waals surface area (Å²) in [7, 11) is 0. The van der Waals surface area contributed by atoms with E-state index in [4.69, 9.17) is 0 Å². The second-order valence-electron chi connectivity index (χ2n) is 20.3. The lowest BCUT2D eigenvalue weighted by atomic mass is 9.90. The Morgan fingerprint density at radius 3 is 0.611 bits per heavy atom. The van der Waals surface area contributed by atoms with Crippen molar-refractivity contribution in [2.24, 2.45) is 0 Å². The molecule has 342 valence electrons. The van der Waals surface area contributed by atoms with Crippen LogP contribution in [0.3, 0.4) is 0 Å². The normalized spacial score (nSPS) is 11.8. The SMILES string of the molecule is Cc1c2cc3ccccc3cc2c(C)c2cc3ccccc3cc12.Cc1c2ccccc2c(C)c2cc3cc4ccccc4cc3cc12.Cc1ccc(C)c2cc3cc4cc5ccccc5cc4cc3cc12. The third kappa shape index (κ3) is 7.29. The summed E-state index contributed by atoms with van der Waals surface area (Å²) in [5, 5.41) is 32.0. The molecule has 0 aliphatic carbocycles. The topological polar surface area (TPSA) is 0 Å². The summed E-state index contributed by atoms with van der Waals surface area (Å²) in [5.74, 6) is 0. The van der Waals surface area contributed by atoms with E-state index < -0.39 is 0 Å². The molecule has 0 unspecified atom stereocenters. The molecule has 0 saturated heterocycles. The van der Waals surface area contributed by atoms with Crippen LogP contribution < -0.4 is 0 Å². The molecule has 15 aromatic rings. The molecule has 0 nitrogen and oxygen atoms in total. The molecule has 0 fully saturated rings. The Hall–Kier alpha value is -8.58. The third-order valence-corrected chi connectivity index (χ3v) is 16.0. The van der Waals surface area contributed by atoms with E-state index in [9.17, 15) is 0 Å². The average molecular weight is 919 g/mol. The number of fused-ring (bicyclic) bond motifs is 12. The highest BCUT2D eigenvalue weighted by Crippen LogP contribution is 2.39. The Labute approximate surface area is 420 Å². The summed E-state index contributed by atoms with van der Waals surface area (Å²) in [5.41, 5.74) is 8.19. The smallest absolute Gasteiger partial charge is 0.0139 e. The first-order valence-electron chi connectivity index (χ1n) is 25.4. The van der Waals surface area contributed by atoms with Gasteiger partial charge in [0.15, 0.2) is 0 Å². The van der Waals surface area contributed by atoms with Crippen LogP contribution in [0.4, 0.5) is 0 Å². The highest BCUT2D eigenvalue weighted by molar-refractivity contribution is 6.15. The molecule has 0 bridgehead atoms. The fourth-order valence-corrected chi connectivity index (χ4v) is 11.9. The van der Waals surface area contributed by atoms with Gasteiger partial charge >= 0.3 is 0 Å². The van der Waals surface area contributed by atoms with Crippen LogP contribution in [0, 0.1) is 41.5 Å². The van der Waals surface area contributed by atoms with Crippen molar-refractivity contribution in [1.82, 2.24) is 0 Å². The predicted molar refractivity (Wildman–Crippen MR) is 318 cm³/mol. The van der Waals surface area contributed by atoms with Gasteiger partial charge in [0.25, 0.3) is 0 Å². The maximum absolute atomic E-state index is 2.37. The Morgan fingerprint density at radius 2 is 0.333 bits per heavy atom. The van der Waals surface area contributed by atoms with E-state index in [-0.39, 0.29) is 0 Å². The van der Waals surface area contributed by atoms with Crippen molar-refractivity contribution in [2.45, 2.75) is 41.5 Å². The number of benzene rings is 15. The zero-order valence-electron chi connectivity index (χ0n) is 41.8. The Bertz CT molecular complexity index is 4340. The van der Waals surface area contributed by atoms with Crippen LogP contribution >= 0.6 is 0 Å². The summed E-state index contributed by atoms with van der Waals surface area (Å²) >= 11 is 0. The van der Waals surface area contributed by atoms with Crippen LogP contribution in [0.25, 0.3) is 129 Å². The summed E-state index contributed by atoms with van der Waals surface area (Å²) in [4.78, 5) is 0. The lowest BCUT2D eigenvalue weighted by Gasteiger charge is -2.14. The van der Waals surface area contributed by atoms with E-state index in [1.807, 2.05) is 0 Å². The van der Waals surface area contributed by atoms with Crippen molar-refractivity contribution in [3.8, 4) is 0 Å². The zero-order valence-corrected chi connectivity index (χ0v) is 41.8. The van der Waals surface area contributed by atoms with E-state index in [1.165, 1.54) is 163 Å². The fourth-order valence-electron chi connectivity index (χ4n) is 11.9. The van der Waals surface area contributed by atoms with E-state index in [2.05, 4.69) is 260 Å². The molecule has 0 amide bonds. The molecule has 15 rings (SSSR count). The number of hydrogen-bond acceptors (Lipinski definition) is 0. The molecule has 0 N–H and O–H groups in total. The van der Waals surface area contributed by atoms with Crippen LogP contribution in [0.5, 0.6) is 0 Å². The van der Waals surface area contributed by atoms with E-state index in [0.717, 1.165) is 0 Å². The van der Waals surface area contributed by atoms with Gasteiger partial charge in [-0.1, -0.05) is 133 Å². The van der Waals surface area contributed by atoms with Crippen molar-refractivity contribution in [3.63, 3.8) is 0 Å². The van der Waals surface area contributed by atoms with Gasteiger partial charge in [0.1, 0.15) is 0 Å². The van der Waals surface area contributed by atoms with Crippen LogP contribution in [-0.2, 0) is 0 Å². The Kier molecular flexibility index (Phi) is 10.3. The molecular weight excluding hydrogens is 865 g/mol. The van der Waals surface area contributed by atoms with Crippen LogP contribution in [0.15, 0.2) is 218 Å². The predicted octanol–water partition coefficient (Wildman–Crippen LogP) is 20.7. The first-order valence-corrected chi connectivity index (χ1v) is 25.4. The standard InChI is InChI=1S/3C24H18/c1-15-21-11-17-7-3-5-9-19(17)13-23(21)16(2)24-14-20-10-6-4-8-18(20)12-22(15)24;1-15-21-9-5-6-10-22(21)16(2)24-14-20-12-18-8-4-3-7-17(18)11-19(20)13-23(15)24;1-15-7-8-16(2)24-14-22-12-20-10-18-6-4-3-5-17(18)9-19(20)11-21(22)13-23(15)24/h3*3-14H,1-2H3. The van der Waals surface area contributed by atoms with Gasteiger partial charge in [0.2, 0.25) is 0 Å². The third-order valence-electron chi connectivity index (χ3n) is 16.0. The van der Waals surface area contributed by atoms with Gasteiger partial charge in [-0.2, -0.15) is 0 Å². The summed E-state index contributed by atoms with van der Waals surface area (Å²) < 4.78 is 0. The molecule has 0 aromatic heterocycles. The van der Waals surface area contributed by atoms with E-state index in [1.54, 1.807) is 0 Å². The summed E-state index contributed by atoms with van der Waals surface area (Å²) in [6, 6.07) is 80.4. The van der Waals surface area contributed by atoms with Crippen molar-refractivity contribution in [3.05, 3.63) is 252 Å². The number of hydrogen-bond donors (Lipinski definition) is 0. The second-order valence-corrected chi connectivity index (χ2v) is 20.3. The molecule has 0 aliphatic heterocycles. The van der Waals surface area contributed by atoms with Crippen molar-refractivity contribution >= 4 is 129 Å². The minimum absolute atomic E-state index is 1.30. The zero-order chi connectivity index (χ0) is 48.8. The monoisotopic (exact) mass is 918 g/mol. The van der Waals surface area contributed by atoms with Crippen molar-refractivity contribution in [1.29, 1.82) is 0 Å². The summed E-state index contributed by atoms with van der Waals surface area (Å²) in [6.07, 6.45) is 0. The van der Waals surface area contributed by atoms with Gasteiger partial charge in [-0.3, -0.25) is 0 Å². The average Bonchev–Trinajstić information content (AvgIpc) is 3.42. The van der Waals surface area contributed by atoms with Crippen LogP contribution in [0.2, 0.25) is 0 Å². The van der Waals surface area contributed by atoms with Crippen LogP contribution in [-0.4, -0.2) is 0 Å². The maximum Gasteiger partial charge on any atom is -0.0139 e. The minimum atomic E-state index is 1.30. The van der Waals surface area contributed by atoms with E-state index >= 15 is 0 Å². The van der Waals surface area contributed by atoms with Crippen molar-refractivity contribution in [2.75, 3.05) is 0 Å². The number of rotatable bonds is 0. The first-order chi connectivity index (χ1) is 35.1. The largest absolute Gasteiger partial charge is 0.0616 e. The maximum atomic E-state index is 2.37. The molecule has 0 saturated carbocycles.